The zero-order chi connectivity index (χ0) is 9.90. The SMILES string of the molecule is CC(C)(O)CNC(=O)c1ncon1. The number of aliphatic hydroxyl groups is 1. The minimum absolute atomic E-state index is 0.0377. The van der Waals surface area contributed by atoms with Crippen LogP contribution in [-0.2, 0) is 0 Å². The van der Waals surface area contributed by atoms with Crippen LogP contribution >= 0.6 is 0 Å². The van der Waals surface area contributed by atoms with Crippen molar-refractivity contribution >= 4 is 5.91 Å². The molecule has 1 rings (SSSR count). The summed E-state index contributed by atoms with van der Waals surface area (Å²) in [6, 6.07) is 0. The van der Waals surface area contributed by atoms with Gasteiger partial charge in [-0.15, -0.1) is 0 Å². The summed E-state index contributed by atoms with van der Waals surface area (Å²) in [4.78, 5) is 14.7. The first kappa shape index (κ1) is 9.66. The molecule has 0 radical (unpaired) electrons. The van der Waals surface area contributed by atoms with Gasteiger partial charge in [0.2, 0.25) is 6.39 Å². The van der Waals surface area contributed by atoms with E-state index >= 15 is 0 Å². The highest BCUT2D eigenvalue weighted by Crippen LogP contribution is 1.98. The van der Waals surface area contributed by atoms with Crippen LogP contribution < -0.4 is 5.32 Å². The van der Waals surface area contributed by atoms with Gasteiger partial charge < -0.3 is 14.9 Å². The van der Waals surface area contributed by atoms with Crippen LogP contribution in [0, 0.1) is 0 Å². The van der Waals surface area contributed by atoms with Crippen LogP contribution in [-0.4, -0.2) is 33.3 Å². The fraction of sp³-hybridized carbons (Fsp3) is 0.571. The van der Waals surface area contributed by atoms with E-state index in [2.05, 4.69) is 20.0 Å². The molecule has 6 heteroatoms. The Hall–Kier alpha value is -1.43. The van der Waals surface area contributed by atoms with Crippen molar-refractivity contribution in [1.82, 2.24) is 15.5 Å². The molecule has 0 saturated carbocycles. The van der Waals surface area contributed by atoms with Crippen LogP contribution in [0.3, 0.4) is 0 Å². The van der Waals surface area contributed by atoms with Crippen molar-refractivity contribution in [3.63, 3.8) is 0 Å². The first-order chi connectivity index (χ1) is 5.99. The summed E-state index contributed by atoms with van der Waals surface area (Å²) in [5.41, 5.74) is -0.945. The van der Waals surface area contributed by atoms with Crippen LogP contribution in [0.15, 0.2) is 10.9 Å². The molecule has 13 heavy (non-hydrogen) atoms. The second kappa shape index (κ2) is 3.53. The molecule has 0 atom stereocenters. The normalized spacial score (nSPS) is 11.3. The third kappa shape index (κ3) is 3.20. The van der Waals surface area contributed by atoms with Gasteiger partial charge in [0, 0.05) is 6.54 Å². The van der Waals surface area contributed by atoms with Gasteiger partial charge in [0.1, 0.15) is 0 Å². The van der Waals surface area contributed by atoms with Gasteiger partial charge in [-0.25, -0.2) is 0 Å². The molecule has 0 fully saturated rings. The second-order valence-electron chi connectivity index (χ2n) is 3.25. The Labute approximate surface area is 74.9 Å². The third-order valence-corrected chi connectivity index (χ3v) is 1.25. The van der Waals surface area contributed by atoms with Crippen LogP contribution in [0.1, 0.15) is 24.5 Å². The lowest BCUT2D eigenvalue weighted by molar-refractivity contribution is 0.0687. The molecule has 0 aromatic carbocycles. The fourth-order valence-corrected chi connectivity index (χ4v) is 0.646. The molecule has 0 spiro atoms. The standard InChI is InChI=1S/C7H11N3O3/c1-7(2,12)3-8-6(11)5-9-4-13-10-5/h4,12H,3H2,1-2H3,(H,8,11). The van der Waals surface area contributed by atoms with Gasteiger partial charge in [-0.1, -0.05) is 5.16 Å². The summed E-state index contributed by atoms with van der Waals surface area (Å²) in [7, 11) is 0. The Balaban J connectivity index is 2.44. The summed E-state index contributed by atoms with van der Waals surface area (Å²) in [5.74, 6) is -0.500. The largest absolute Gasteiger partial charge is 0.389 e. The number of aromatic nitrogens is 2. The van der Waals surface area contributed by atoms with Crippen LogP contribution in [0.4, 0.5) is 0 Å². The molecule has 0 aliphatic heterocycles. The van der Waals surface area contributed by atoms with Crippen molar-refractivity contribution in [3.8, 4) is 0 Å². The van der Waals surface area contributed by atoms with E-state index in [-0.39, 0.29) is 12.4 Å². The van der Waals surface area contributed by atoms with E-state index in [1.54, 1.807) is 13.8 Å². The minimum atomic E-state index is -0.945. The number of nitrogens with zero attached hydrogens (tertiary/aromatic N) is 2. The predicted molar refractivity (Wildman–Crippen MR) is 42.9 cm³/mol. The van der Waals surface area contributed by atoms with Gasteiger partial charge in [-0.2, -0.15) is 4.98 Å². The molecule has 0 aliphatic rings. The Morgan fingerprint density at radius 3 is 2.92 bits per heavy atom. The van der Waals surface area contributed by atoms with Gasteiger partial charge in [0.25, 0.3) is 11.7 Å². The maximum Gasteiger partial charge on any atom is 0.292 e. The molecule has 72 valence electrons. The lowest BCUT2D eigenvalue weighted by Gasteiger charge is -2.16. The van der Waals surface area contributed by atoms with E-state index in [1.807, 2.05) is 0 Å². The number of rotatable bonds is 3. The minimum Gasteiger partial charge on any atom is -0.389 e. The van der Waals surface area contributed by atoms with Crippen molar-refractivity contribution in [2.75, 3.05) is 6.54 Å². The van der Waals surface area contributed by atoms with Crippen molar-refractivity contribution in [2.24, 2.45) is 0 Å². The van der Waals surface area contributed by atoms with E-state index in [1.165, 1.54) is 0 Å². The van der Waals surface area contributed by atoms with Crippen molar-refractivity contribution in [1.29, 1.82) is 0 Å². The van der Waals surface area contributed by atoms with Gasteiger partial charge in [0.05, 0.1) is 5.60 Å². The molecule has 6 nitrogen and oxygen atoms in total. The number of amides is 1. The number of hydrogen-bond acceptors (Lipinski definition) is 5. The van der Waals surface area contributed by atoms with Crippen molar-refractivity contribution in [2.45, 2.75) is 19.4 Å². The first-order valence-electron chi connectivity index (χ1n) is 3.76. The first-order valence-corrected chi connectivity index (χ1v) is 3.76. The molecule has 0 bridgehead atoms. The summed E-state index contributed by atoms with van der Waals surface area (Å²) in [6.45, 7) is 3.31. The van der Waals surface area contributed by atoms with Gasteiger partial charge >= 0.3 is 0 Å². The molecule has 0 aliphatic carbocycles. The number of nitrogens with one attached hydrogen (secondary N) is 1. The highest BCUT2D eigenvalue weighted by Gasteiger charge is 2.16. The highest BCUT2D eigenvalue weighted by atomic mass is 16.5. The lowest BCUT2D eigenvalue weighted by atomic mass is 10.1. The highest BCUT2D eigenvalue weighted by molar-refractivity contribution is 5.90. The summed E-state index contributed by atoms with van der Waals surface area (Å²) in [5, 5.41) is 15.1. The Morgan fingerprint density at radius 1 is 1.77 bits per heavy atom. The predicted octanol–water partition coefficient (Wildman–Crippen LogP) is -0.430. The molecular weight excluding hydrogens is 174 g/mol. The maximum absolute atomic E-state index is 11.1. The maximum atomic E-state index is 11.1. The Bertz CT molecular complexity index is 276. The number of carbonyl (C=O) groups is 1. The van der Waals surface area contributed by atoms with Crippen LogP contribution in [0.5, 0.6) is 0 Å². The molecule has 1 aromatic heterocycles. The van der Waals surface area contributed by atoms with E-state index in [4.69, 9.17) is 0 Å². The Kier molecular flexibility index (Phi) is 2.62. The van der Waals surface area contributed by atoms with Gasteiger partial charge in [-0.05, 0) is 13.8 Å². The Morgan fingerprint density at radius 2 is 2.46 bits per heavy atom. The summed E-state index contributed by atoms with van der Waals surface area (Å²) >= 11 is 0. The summed E-state index contributed by atoms with van der Waals surface area (Å²) in [6.07, 6.45) is 1.07. The molecule has 1 heterocycles. The zero-order valence-corrected chi connectivity index (χ0v) is 7.44. The summed E-state index contributed by atoms with van der Waals surface area (Å²) < 4.78 is 4.38. The van der Waals surface area contributed by atoms with E-state index in [0.29, 0.717) is 0 Å². The monoisotopic (exact) mass is 185 g/mol. The average molecular weight is 185 g/mol. The van der Waals surface area contributed by atoms with Gasteiger partial charge in [-0.3, -0.25) is 4.79 Å². The smallest absolute Gasteiger partial charge is 0.292 e. The molecular formula is C7H11N3O3. The lowest BCUT2D eigenvalue weighted by Crippen LogP contribution is -2.38. The van der Waals surface area contributed by atoms with Crippen LogP contribution in [0.2, 0.25) is 0 Å². The number of hydrogen-bond donors (Lipinski definition) is 2. The quantitative estimate of drug-likeness (QED) is 0.667. The van der Waals surface area contributed by atoms with E-state index < -0.39 is 11.5 Å². The molecule has 0 saturated heterocycles. The zero-order valence-electron chi connectivity index (χ0n) is 7.44. The molecule has 2 N–H and O–H groups in total. The second-order valence-corrected chi connectivity index (χ2v) is 3.25. The average Bonchev–Trinajstić information content (AvgIpc) is 2.50. The molecule has 1 amide bonds. The van der Waals surface area contributed by atoms with Crippen LogP contribution in [0.25, 0.3) is 0 Å². The van der Waals surface area contributed by atoms with Gasteiger partial charge in [0.15, 0.2) is 0 Å². The number of carbonyl (C=O) groups excluding carboxylic acids is 1. The topological polar surface area (TPSA) is 88.2 Å². The molecule has 1 aromatic rings. The van der Waals surface area contributed by atoms with Crippen molar-refractivity contribution in [3.05, 3.63) is 12.2 Å². The van der Waals surface area contributed by atoms with E-state index in [9.17, 15) is 9.90 Å². The van der Waals surface area contributed by atoms with E-state index in [0.717, 1.165) is 6.39 Å². The van der Waals surface area contributed by atoms with Crippen molar-refractivity contribution < 1.29 is 14.4 Å². The molecule has 0 unspecified atom stereocenters. The third-order valence-electron chi connectivity index (χ3n) is 1.25. The fourth-order valence-electron chi connectivity index (χ4n) is 0.646.